The fourth-order valence-corrected chi connectivity index (χ4v) is 3.01. The largest absolute Gasteiger partial charge is 0.495 e. The fraction of sp³-hybridized carbons (Fsp3) is 0.588. The number of hydrogen-bond acceptors (Lipinski definition) is 3. The molecule has 1 aliphatic heterocycles. The van der Waals surface area contributed by atoms with Crippen LogP contribution in [0.4, 0.5) is 5.69 Å². The predicted molar refractivity (Wildman–Crippen MR) is 86.5 cm³/mol. The molecule has 1 aromatic carbocycles. The van der Waals surface area contributed by atoms with Gasteiger partial charge in [0.25, 0.3) is 5.91 Å². The second-order valence-electron chi connectivity index (χ2n) is 6.24. The SMILES string of the molecule is COc1ccc(C)cc1NC(=O)[C@@H](C)[NH+]1C[C@@H](C)O[C@@H](C)C1. The number of quaternary nitrogens is 1. The summed E-state index contributed by atoms with van der Waals surface area (Å²) in [6, 6.07) is 5.65. The zero-order valence-electron chi connectivity index (χ0n) is 14.1. The van der Waals surface area contributed by atoms with Gasteiger partial charge in [0.1, 0.15) is 31.0 Å². The van der Waals surface area contributed by atoms with Crippen LogP contribution in [0.25, 0.3) is 0 Å². The molecule has 1 aromatic rings. The predicted octanol–water partition coefficient (Wildman–Crippen LogP) is 1.02. The number of benzene rings is 1. The average Bonchev–Trinajstić information content (AvgIpc) is 2.45. The lowest BCUT2D eigenvalue weighted by Gasteiger charge is -2.35. The number of amides is 1. The van der Waals surface area contributed by atoms with Crippen molar-refractivity contribution in [3.63, 3.8) is 0 Å². The number of ether oxygens (including phenoxy) is 2. The minimum absolute atomic E-state index is 0.0141. The summed E-state index contributed by atoms with van der Waals surface area (Å²) in [7, 11) is 1.61. The van der Waals surface area contributed by atoms with E-state index >= 15 is 0 Å². The van der Waals surface area contributed by atoms with E-state index in [-0.39, 0.29) is 24.2 Å². The highest BCUT2D eigenvalue weighted by Crippen LogP contribution is 2.25. The number of carbonyl (C=O) groups excluding carboxylic acids is 1. The van der Waals surface area contributed by atoms with Gasteiger partial charge in [0, 0.05) is 0 Å². The molecular formula is C17H27N2O3+. The first kappa shape index (κ1) is 16.8. The van der Waals surface area contributed by atoms with E-state index < -0.39 is 0 Å². The minimum Gasteiger partial charge on any atom is -0.495 e. The van der Waals surface area contributed by atoms with Gasteiger partial charge in [-0.2, -0.15) is 0 Å². The van der Waals surface area contributed by atoms with Gasteiger partial charge in [0.05, 0.1) is 12.8 Å². The summed E-state index contributed by atoms with van der Waals surface area (Å²) in [6.45, 7) is 9.79. The van der Waals surface area contributed by atoms with Gasteiger partial charge in [-0.3, -0.25) is 4.79 Å². The molecule has 4 atom stereocenters. The van der Waals surface area contributed by atoms with E-state index in [0.717, 1.165) is 24.3 Å². The summed E-state index contributed by atoms with van der Waals surface area (Å²) < 4.78 is 11.1. The third-order valence-corrected chi connectivity index (χ3v) is 4.18. The minimum atomic E-state index is -0.126. The van der Waals surface area contributed by atoms with Crippen molar-refractivity contribution in [2.45, 2.75) is 45.9 Å². The lowest BCUT2D eigenvalue weighted by atomic mass is 10.1. The summed E-state index contributed by atoms with van der Waals surface area (Å²) in [4.78, 5) is 13.8. The van der Waals surface area contributed by atoms with Crippen LogP contribution in [0, 0.1) is 6.92 Å². The average molecular weight is 307 g/mol. The normalized spacial score (nSPS) is 26.3. The highest BCUT2D eigenvalue weighted by atomic mass is 16.5. The van der Waals surface area contributed by atoms with Crippen LogP contribution in [0.2, 0.25) is 0 Å². The van der Waals surface area contributed by atoms with Crippen molar-refractivity contribution in [1.82, 2.24) is 0 Å². The first-order chi connectivity index (χ1) is 10.4. The van der Waals surface area contributed by atoms with Crippen LogP contribution in [0.1, 0.15) is 26.3 Å². The summed E-state index contributed by atoms with van der Waals surface area (Å²) in [6.07, 6.45) is 0.366. The summed E-state index contributed by atoms with van der Waals surface area (Å²) in [5, 5.41) is 3.00. The molecule has 2 rings (SSSR count). The Hall–Kier alpha value is -1.59. The van der Waals surface area contributed by atoms with E-state index in [0.29, 0.717) is 5.75 Å². The molecule has 22 heavy (non-hydrogen) atoms. The Morgan fingerprint density at radius 3 is 2.59 bits per heavy atom. The van der Waals surface area contributed by atoms with Crippen molar-refractivity contribution in [2.24, 2.45) is 0 Å². The quantitative estimate of drug-likeness (QED) is 0.873. The van der Waals surface area contributed by atoms with E-state index in [1.54, 1.807) is 7.11 Å². The van der Waals surface area contributed by atoms with Crippen molar-refractivity contribution in [1.29, 1.82) is 0 Å². The topological polar surface area (TPSA) is 52.0 Å². The number of methoxy groups -OCH3 is 1. The van der Waals surface area contributed by atoms with Gasteiger partial charge < -0.3 is 19.7 Å². The zero-order valence-corrected chi connectivity index (χ0v) is 14.1. The van der Waals surface area contributed by atoms with Gasteiger partial charge in [0.2, 0.25) is 0 Å². The highest BCUT2D eigenvalue weighted by molar-refractivity contribution is 5.95. The molecule has 1 amide bonds. The number of nitrogens with one attached hydrogen (secondary N) is 2. The van der Waals surface area contributed by atoms with Crippen molar-refractivity contribution in [3.05, 3.63) is 23.8 Å². The van der Waals surface area contributed by atoms with Crippen LogP contribution in [-0.4, -0.2) is 44.4 Å². The van der Waals surface area contributed by atoms with E-state index in [9.17, 15) is 4.79 Å². The van der Waals surface area contributed by atoms with Crippen LogP contribution in [0.15, 0.2) is 18.2 Å². The van der Waals surface area contributed by atoms with Gasteiger partial charge >= 0.3 is 0 Å². The highest BCUT2D eigenvalue weighted by Gasteiger charge is 2.33. The van der Waals surface area contributed by atoms with E-state index in [1.807, 2.05) is 32.0 Å². The van der Waals surface area contributed by atoms with Crippen molar-refractivity contribution in [3.8, 4) is 5.75 Å². The molecule has 122 valence electrons. The monoisotopic (exact) mass is 307 g/mol. The van der Waals surface area contributed by atoms with E-state index in [1.165, 1.54) is 4.90 Å². The number of carbonyl (C=O) groups is 1. The van der Waals surface area contributed by atoms with Gasteiger partial charge in [-0.05, 0) is 45.4 Å². The third-order valence-electron chi connectivity index (χ3n) is 4.18. The molecule has 0 aromatic heterocycles. The Labute approximate surface area is 132 Å². The van der Waals surface area contributed by atoms with Gasteiger partial charge in [-0.1, -0.05) is 6.07 Å². The Balaban J connectivity index is 2.07. The van der Waals surface area contributed by atoms with Gasteiger partial charge in [0.15, 0.2) is 6.04 Å². The second kappa shape index (κ2) is 7.11. The summed E-state index contributed by atoms with van der Waals surface area (Å²) in [5.74, 6) is 0.699. The first-order valence-electron chi connectivity index (χ1n) is 7.86. The Bertz CT molecular complexity index is 523. The molecule has 2 N–H and O–H groups in total. The fourth-order valence-electron chi connectivity index (χ4n) is 3.01. The third kappa shape index (κ3) is 3.99. The van der Waals surface area contributed by atoms with Gasteiger partial charge in [-0.25, -0.2) is 0 Å². The van der Waals surface area contributed by atoms with Gasteiger partial charge in [-0.15, -0.1) is 0 Å². The van der Waals surface area contributed by atoms with Crippen LogP contribution in [0.5, 0.6) is 5.75 Å². The Morgan fingerprint density at radius 1 is 1.36 bits per heavy atom. The standard InChI is InChI=1S/C17H26N2O3/c1-11-6-7-16(21-5)15(8-11)18-17(20)14(4)19-9-12(2)22-13(3)10-19/h6-8,12-14H,9-10H2,1-5H3,(H,18,20)/p+1/t12-,13+,14-/m1/s1. The van der Waals surface area contributed by atoms with Crippen molar-refractivity contribution in [2.75, 3.05) is 25.5 Å². The smallest absolute Gasteiger partial charge is 0.282 e. The molecule has 0 bridgehead atoms. The van der Waals surface area contributed by atoms with Crippen LogP contribution in [-0.2, 0) is 9.53 Å². The number of anilines is 1. The molecular weight excluding hydrogens is 280 g/mol. The Morgan fingerprint density at radius 2 is 2.00 bits per heavy atom. The van der Waals surface area contributed by atoms with Crippen LogP contribution < -0.4 is 15.0 Å². The molecule has 0 aliphatic carbocycles. The maximum Gasteiger partial charge on any atom is 0.282 e. The second-order valence-corrected chi connectivity index (χ2v) is 6.24. The first-order valence-corrected chi connectivity index (χ1v) is 7.86. The molecule has 1 fully saturated rings. The van der Waals surface area contributed by atoms with Crippen molar-refractivity contribution >= 4 is 11.6 Å². The number of morpholine rings is 1. The lowest BCUT2D eigenvalue weighted by molar-refractivity contribution is -0.928. The molecule has 1 aliphatic rings. The molecule has 5 heteroatoms. The molecule has 1 unspecified atom stereocenters. The Kier molecular flexibility index (Phi) is 5.42. The molecule has 0 radical (unpaired) electrons. The number of rotatable bonds is 4. The molecule has 5 nitrogen and oxygen atoms in total. The lowest BCUT2D eigenvalue weighted by Crippen LogP contribution is -3.19. The maximum atomic E-state index is 12.6. The molecule has 1 saturated heterocycles. The number of aryl methyl sites for hydroxylation is 1. The maximum absolute atomic E-state index is 12.6. The van der Waals surface area contributed by atoms with Crippen LogP contribution >= 0.6 is 0 Å². The summed E-state index contributed by atoms with van der Waals surface area (Å²) in [5.41, 5.74) is 1.82. The molecule has 0 saturated carbocycles. The molecule has 1 heterocycles. The zero-order chi connectivity index (χ0) is 16.3. The molecule has 0 spiro atoms. The number of hydrogen-bond donors (Lipinski definition) is 2. The van der Waals surface area contributed by atoms with Crippen molar-refractivity contribution < 1.29 is 19.2 Å². The van der Waals surface area contributed by atoms with Crippen LogP contribution in [0.3, 0.4) is 0 Å². The van der Waals surface area contributed by atoms with E-state index in [4.69, 9.17) is 9.47 Å². The summed E-state index contributed by atoms with van der Waals surface area (Å²) >= 11 is 0. The van der Waals surface area contributed by atoms with E-state index in [2.05, 4.69) is 19.2 Å².